The van der Waals surface area contributed by atoms with E-state index in [9.17, 15) is 4.79 Å². The summed E-state index contributed by atoms with van der Waals surface area (Å²) in [6, 6.07) is 14.7. The van der Waals surface area contributed by atoms with Crippen LogP contribution in [0, 0.1) is 0 Å². The molecule has 4 nitrogen and oxygen atoms in total. The van der Waals surface area contributed by atoms with Crippen LogP contribution in [0.25, 0.3) is 11.3 Å². The molecule has 1 aliphatic rings. The third-order valence-electron chi connectivity index (χ3n) is 4.63. The van der Waals surface area contributed by atoms with E-state index in [0.717, 1.165) is 42.6 Å². The Kier molecular flexibility index (Phi) is 4.67. The second-order valence-electron chi connectivity index (χ2n) is 6.36. The van der Waals surface area contributed by atoms with Gasteiger partial charge in [0.2, 0.25) is 0 Å². The molecular weight excluding hydrogens is 346 g/mol. The number of hydrogen-bond donors (Lipinski definition) is 1. The number of fused-ring (bicyclic) bond motifs is 1. The third kappa shape index (κ3) is 3.33. The Bertz CT molecular complexity index is 971. The van der Waals surface area contributed by atoms with Gasteiger partial charge < -0.3 is 5.32 Å². The number of aromatic nitrogens is 2. The molecule has 26 heavy (non-hydrogen) atoms. The van der Waals surface area contributed by atoms with Gasteiger partial charge in [-0.05, 0) is 49.9 Å². The van der Waals surface area contributed by atoms with E-state index in [-0.39, 0.29) is 5.91 Å². The van der Waals surface area contributed by atoms with Crippen LogP contribution in [-0.4, -0.2) is 15.9 Å². The summed E-state index contributed by atoms with van der Waals surface area (Å²) in [5.74, 6) is -0.175. The van der Waals surface area contributed by atoms with Crippen molar-refractivity contribution in [2.45, 2.75) is 25.7 Å². The summed E-state index contributed by atoms with van der Waals surface area (Å²) >= 11 is 6.01. The molecule has 130 valence electrons. The largest absolute Gasteiger partial charge is 0.322 e. The van der Waals surface area contributed by atoms with Gasteiger partial charge in [0.05, 0.1) is 5.69 Å². The van der Waals surface area contributed by atoms with Gasteiger partial charge in [-0.25, -0.2) is 9.97 Å². The van der Waals surface area contributed by atoms with Gasteiger partial charge in [0.1, 0.15) is 6.33 Å². The molecule has 1 aliphatic carbocycles. The molecule has 0 spiro atoms. The van der Waals surface area contributed by atoms with E-state index in [2.05, 4.69) is 15.3 Å². The summed E-state index contributed by atoms with van der Waals surface area (Å²) in [7, 11) is 0. The second-order valence-corrected chi connectivity index (χ2v) is 6.80. The fourth-order valence-corrected chi connectivity index (χ4v) is 3.60. The van der Waals surface area contributed by atoms with Crippen LogP contribution in [0.3, 0.4) is 0 Å². The van der Waals surface area contributed by atoms with Gasteiger partial charge >= 0.3 is 0 Å². The monoisotopic (exact) mass is 363 g/mol. The molecule has 0 bridgehead atoms. The molecule has 0 fully saturated rings. The first-order valence-electron chi connectivity index (χ1n) is 8.71. The van der Waals surface area contributed by atoms with Gasteiger partial charge in [0, 0.05) is 33.1 Å². The Morgan fingerprint density at radius 2 is 1.85 bits per heavy atom. The van der Waals surface area contributed by atoms with Gasteiger partial charge in [-0.2, -0.15) is 0 Å². The first-order valence-corrected chi connectivity index (χ1v) is 9.09. The molecule has 0 aliphatic heterocycles. The number of benzene rings is 2. The molecule has 0 atom stereocenters. The van der Waals surface area contributed by atoms with Gasteiger partial charge in [-0.3, -0.25) is 4.79 Å². The van der Waals surface area contributed by atoms with Crippen LogP contribution in [0.15, 0.2) is 54.9 Å². The van der Waals surface area contributed by atoms with E-state index in [0.29, 0.717) is 16.3 Å². The van der Waals surface area contributed by atoms with E-state index < -0.39 is 0 Å². The van der Waals surface area contributed by atoms with Crippen molar-refractivity contribution in [2.24, 2.45) is 0 Å². The van der Waals surface area contributed by atoms with Crippen molar-refractivity contribution < 1.29 is 4.79 Å². The van der Waals surface area contributed by atoms with Crippen LogP contribution in [0.4, 0.5) is 5.69 Å². The molecule has 1 heterocycles. The highest BCUT2D eigenvalue weighted by molar-refractivity contribution is 6.31. The maximum atomic E-state index is 12.9. The van der Waals surface area contributed by atoms with E-state index in [1.807, 2.05) is 36.4 Å². The minimum Gasteiger partial charge on any atom is -0.322 e. The Labute approximate surface area is 157 Å². The lowest BCUT2D eigenvalue weighted by Crippen LogP contribution is -2.15. The van der Waals surface area contributed by atoms with Crippen molar-refractivity contribution in [1.29, 1.82) is 0 Å². The minimum atomic E-state index is -0.175. The van der Waals surface area contributed by atoms with Crippen molar-refractivity contribution in [3.05, 3.63) is 76.7 Å². The molecular formula is C21H18ClN3O. The fourth-order valence-electron chi connectivity index (χ4n) is 3.41. The average molecular weight is 364 g/mol. The molecule has 3 aromatic rings. The highest BCUT2D eigenvalue weighted by Gasteiger charge is 2.20. The zero-order valence-corrected chi connectivity index (χ0v) is 15.0. The summed E-state index contributed by atoms with van der Waals surface area (Å²) in [6.45, 7) is 0. The van der Waals surface area contributed by atoms with Crippen LogP contribution in [0.5, 0.6) is 0 Å². The highest BCUT2D eigenvalue weighted by Crippen LogP contribution is 2.31. The zero-order chi connectivity index (χ0) is 17.9. The normalized spacial score (nSPS) is 13.1. The Morgan fingerprint density at radius 1 is 1.00 bits per heavy atom. The number of halogens is 1. The standard InChI is InChI=1S/C21H18ClN3O/c22-14-6-5-7-15(12-14)25-21(26)17-9-2-1-8-16(17)20-18-10-3-4-11-19(18)23-13-24-20/h1-2,5-9,12-13H,3-4,10-11H2,(H,25,26). The molecule has 1 amide bonds. The molecule has 1 N–H and O–H groups in total. The summed E-state index contributed by atoms with van der Waals surface area (Å²) in [4.78, 5) is 21.8. The van der Waals surface area contributed by atoms with Crippen LogP contribution in [0.2, 0.25) is 5.02 Å². The predicted molar refractivity (Wildman–Crippen MR) is 104 cm³/mol. The number of amides is 1. The maximum Gasteiger partial charge on any atom is 0.256 e. The molecule has 0 saturated carbocycles. The molecule has 5 heteroatoms. The number of carbonyl (C=O) groups excluding carboxylic acids is 1. The topological polar surface area (TPSA) is 54.9 Å². The van der Waals surface area contributed by atoms with E-state index >= 15 is 0 Å². The van der Waals surface area contributed by atoms with Crippen LogP contribution in [-0.2, 0) is 12.8 Å². The fraction of sp³-hybridized carbons (Fsp3) is 0.190. The van der Waals surface area contributed by atoms with Crippen LogP contribution in [0.1, 0.15) is 34.5 Å². The first kappa shape index (κ1) is 16.7. The number of hydrogen-bond acceptors (Lipinski definition) is 3. The first-order chi connectivity index (χ1) is 12.7. The summed E-state index contributed by atoms with van der Waals surface area (Å²) in [6.07, 6.45) is 5.81. The smallest absolute Gasteiger partial charge is 0.256 e. The lowest BCUT2D eigenvalue weighted by atomic mass is 9.91. The van der Waals surface area contributed by atoms with Gasteiger partial charge in [-0.1, -0.05) is 35.9 Å². The lowest BCUT2D eigenvalue weighted by molar-refractivity contribution is 0.102. The quantitative estimate of drug-likeness (QED) is 0.718. The Morgan fingerprint density at radius 3 is 2.73 bits per heavy atom. The molecule has 1 aromatic heterocycles. The molecule has 0 saturated heterocycles. The van der Waals surface area contributed by atoms with Crippen molar-refractivity contribution >= 4 is 23.2 Å². The Balaban J connectivity index is 1.73. The van der Waals surface area contributed by atoms with E-state index in [1.165, 1.54) is 5.56 Å². The van der Waals surface area contributed by atoms with Gasteiger partial charge in [0.25, 0.3) is 5.91 Å². The molecule has 4 rings (SSSR count). The number of aryl methyl sites for hydroxylation is 1. The summed E-state index contributed by atoms with van der Waals surface area (Å²) in [5, 5.41) is 3.51. The van der Waals surface area contributed by atoms with Crippen LogP contribution < -0.4 is 5.32 Å². The zero-order valence-electron chi connectivity index (χ0n) is 14.2. The van der Waals surface area contributed by atoms with Gasteiger partial charge in [0.15, 0.2) is 0 Å². The van der Waals surface area contributed by atoms with Gasteiger partial charge in [-0.15, -0.1) is 0 Å². The van der Waals surface area contributed by atoms with E-state index in [4.69, 9.17) is 11.6 Å². The number of nitrogens with zero attached hydrogens (tertiary/aromatic N) is 2. The van der Waals surface area contributed by atoms with Crippen molar-refractivity contribution in [2.75, 3.05) is 5.32 Å². The molecule has 0 unspecified atom stereocenters. The number of carbonyl (C=O) groups is 1. The van der Waals surface area contributed by atoms with Crippen LogP contribution >= 0.6 is 11.6 Å². The average Bonchev–Trinajstić information content (AvgIpc) is 2.67. The molecule has 2 aromatic carbocycles. The summed E-state index contributed by atoms with van der Waals surface area (Å²) < 4.78 is 0. The Hall–Kier alpha value is -2.72. The van der Waals surface area contributed by atoms with E-state index in [1.54, 1.807) is 18.5 Å². The maximum absolute atomic E-state index is 12.9. The minimum absolute atomic E-state index is 0.175. The number of anilines is 1. The third-order valence-corrected chi connectivity index (χ3v) is 4.87. The predicted octanol–water partition coefficient (Wildman–Crippen LogP) is 4.93. The number of nitrogens with one attached hydrogen (secondary N) is 1. The highest BCUT2D eigenvalue weighted by atomic mass is 35.5. The number of rotatable bonds is 3. The summed E-state index contributed by atoms with van der Waals surface area (Å²) in [5.41, 5.74) is 5.24. The van der Waals surface area contributed by atoms with Crippen molar-refractivity contribution in [3.8, 4) is 11.3 Å². The SMILES string of the molecule is O=C(Nc1cccc(Cl)c1)c1ccccc1-c1ncnc2c1CCCC2. The van der Waals surface area contributed by atoms with Crippen molar-refractivity contribution in [1.82, 2.24) is 9.97 Å². The van der Waals surface area contributed by atoms with Crippen molar-refractivity contribution in [3.63, 3.8) is 0 Å². The molecule has 0 radical (unpaired) electrons. The second kappa shape index (κ2) is 7.26. The lowest BCUT2D eigenvalue weighted by Gasteiger charge is -2.18.